The number of aryl methyl sites for hydroxylation is 1. The van der Waals surface area contributed by atoms with E-state index in [-0.39, 0.29) is 33.1 Å². The number of methoxy groups -OCH3 is 1. The monoisotopic (exact) mass is 635 g/mol. The zero-order chi connectivity index (χ0) is 26.4. The molecule has 6 rings (SSSR count). The Bertz CT molecular complexity index is 1470. The molecule has 1 N–H and O–H groups in total. The van der Waals surface area contributed by atoms with Gasteiger partial charge in [0.25, 0.3) is 0 Å². The van der Waals surface area contributed by atoms with Crippen molar-refractivity contribution >= 4 is 28.2 Å². The third-order valence-electron chi connectivity index (χ3n) is 7.75. The first-order valence-electron chi connectivity index (χ1n) is 13.0. The number of anilines is 2. The summed E-state index contributed by atoms with van der Waals surface area (Å²) in [6.07, 6.45) is 6.21. The Labute approximate surface area is 231 Å². The zero-order valence-electron chi connectivity index (χ0n) is 22.1. The van der Waals surface area contributed by atoms with Crippen molar-refractivity contribution in [3.05, 3.63) is 35.7 Å². The molecule has 0 saturated carbocycles. The van der Waals surface area contributed by atoms with Gasteiger partial charge in [-0.05, 0) is 12.8 Å². The van der Waals surface area contributed by atoms with Crippen molar-refractivity contribution in [1.82, 2.24) is 29.4 Å². The molecule has 2 aliphatic rings. The van der Waals surface area contributed by atoms with Crippen LogP contribution >= 0.6 is 0 Å². The normalized spacial score (nSPS) is 21.0. The van der Waals surface area contributed by atoms with Crippen LogP contribution in [0.5, 0.6) is 5.75 Å². The van der Waals surface area contributed by atoms with Crippen LogP contribution in [0.3, 0.4) is 0 Å². The number of nitrogens with zero attached hydrogens (tertiary/aromatic N) is 7. The third kappa shape index (κ3) is 4.55. The van der Waals surface area contributed by atoms with E-state index in [9.17, 15) is 4.39 Å². The fraction of sp³-hybridized carbons (Fsp3) is 0.538. The summed E-state index contributed by atoms with van der Waals surface area (Å²) in [5.41, 5.74) is 3.46. The Morgan fingerprint density at radius 3 is 2.71 bits per heavy atom. The van der Waals surface area contributed by atoms with Crippen LogP contribution < -0.4 is 34.6 Å². The first kappa shape index (κ1) is 25.5. The van der Waals surface area contributed by atoms with E-state index >= 15 is 0 Å². The fourth-order valence-electron chi connectivity index (χ4n) is 5.64. The van der Waals surface area contributed by atoms with E-state index in [0.29, 0.717) is 34.6 Å². The Morgan fingerprint density at radius 2 is 1.95 bits per heavy atom. The summed E-state index contributed by atoms with van der Waals surface area (Å²) in [7, 11) is 1.46. The van der Waals surface area contributed by atoms with Crippen molar-refractivity contribution in [2.24, 2.45) is 0 Å². The summed E-state index contributed by atoms with van der Waals surface area (Å²) >= 11 is -0.310. The molecule has 0 bridgehead atoms. The Hall–Kier alpha value is -2.74. The summed E-state index contributed by atoms with van der Waals surface area (Å²) in [6.45, 7) is 6.75. The van der Waals surface area contributed by atoms with Gasteiger partial charge >= 0.3 is 201 Å². The molecule has 0 aliphatic carbocycles. The number of aromatic nitrogens is 6. The van der Waals surface area contributed by atoms with Gasteiger partial charge in [-0.3, -0.25) is 0 Å². The topological polar surface area (TPSA) is 94.6 Å². The second-order valence-electron chi connectivity index (χ2n) is 10.1. The van der Waals surface area contributed by atoms with Gasteiger partial charge in [-0.15, -0.1) is 0 Å². The molecule has 0 unspecified atom stereocenters. The molecular weight excluding hydrogens is 602 g/mol. The van der Waals surface area contributed by atoms with Crippen LogP contribution in [0.2, 0.25) is 0 Å². The van der Waals surface area contributed by atoms with Crippen LogP contribution in [0.4, 0.5) is 16.0 Å². The van der Waals surface area contributed by atoms with Crippen LogP contribution in [0.25, 0.3) is 16.6 Å². The van der Waals surface area contributed by atoms with E-state index in [2.05, 4.69) is 38.1 Å². The molecule has 2 saturated heterocycles. The van der Waals surface area contributed by atoms with E-state index in [4.69, 9.17) is 29.6 Å². The Morgan fingerprint density at radius 1 is 1.13 bits per heavy atom. The molecular formula is C26H33FIN8O2-. The molecule has 0 amide bonds. The molecule has 10 nitrogen and oxygen atoms in total. The first-order chi connectivity index (χ1) is 18.5. The van der Waals surface area contributed by atoms with Crippen LogP contribution in [0.15, 0.2) is 18.3 Å². The van der Waals surface area contributed by atoms with Crippen molar-refractivity contribution in [2.45, 2.75) is 57.5 Å². The molecule has 12 heteroatoms. The molecule has 0 radical (unpaired) electrons. The molecule has 2 atom stereocenters. The summed E-state index contributed by atoms with van der Waals surface area (Å²) < 4.78 is 32.7. The molecule has 204 valence electrons. The molecule has 0 spiro atoms. The van der Waals surface area contributed by atoms with Crippen molar-refractivity contribution in [1.29, 1.82) is 0 Å². The number of nitrogens with one attached hydrogen (secondary N) is 1. The van der Waals surface area contributed by atoms with Crippen molar-refractivity contribution < 1.29 is 35.3 Å². The third-order valence-corrected chi connectivity index (χ3v) is 8.77. The molecule has 4 aromatic rings. The number of alkyl halides is 1. The van der Waals surface area contributed by atoms with Crippen LogP contribution in [-0.4, -0.2) is 67.2 Å². The molecule has 2 aliphatic heterocycles. The van der Waals surface area contributed by atoms with Crippen LogP contribution in [0.1, 0.15) is 56.1 Å². The van der Waals surface area contributed by atoms with Crippen molar-refractivity contribution in [3.63, 3.8) is 0 Å². The minimum atomic E-state index is -0.438. The quantitative estimate of drug-likeness (QED) is 0.192. The van der Waals surface area contributed by atoms with E-state index in [1.165, 1.54) is 18.9 Å². The zero-order valence-corrected chi connectivity index (χ0v) is 24.3. The van der Waals surface area contributed by atoms with Crippen molar-refractivity contribution in [3.8, 4) is 5.75 Å². The standard InChI is InChI=1S/C26H33FIN8O2/c1-15-5-6-17(13-34(15)22-14-35(32-16(22)2)18-7-9-38-10-8-18)24-30-25-19-11-20(27)23(37-4)12-21(19)29-26(31-28-3)36(25)33-24/h11-12,14-15,17-18H,5-10,13H2,1-4H3,(H,29,31)/q-1/t15-,17+/m0/s1. The number of hydrogen-bond acceptors (Lipinski definition) is 8. The predicted octanol–water partition coefficient (Wildman–Crippen LogP) is 1.10. The number of hydrogen-bond donors (Lipinski definition) is 1. The van der Waals surface area contributed by atoms with Gasteiger partial charge in [0.05, 0.1) is 0 Å². The Balaban J connectivity index is 1.36. The van der Waals surface area contributed by atoms with Crippen LogP contribution in [-0.2, 0) is 4.74 Å². The van der Waals surface area contributed by atoms with Gasteiger partial charge in [0.1, 0.15) is 0 Å². The van der Waals surface area contributed by atoms with E-state index in [1.807, 2.05) is 0 Å². The number of halogens is 2. The average molecular weight is 636 g/mol. The second-order valence-corrected chi connectivity index (χ2v) is 11.7. The number of piperidine rings is 1. The van der Waals surface area contributed by atoms with Crippen LogP contribution in [0, 0.1) is 12.7 Å². The number of ether oxygens (including phenoxy) is 2. The first-order valence-corrected chi connectivity index (χ1v) is 16.3. The number of benzene rings is 1. The predicted molar refractivity (Wildman–Crippen MR) is 139 cm³/mol. The van der Waals surface area contributed by atoms with Gasteiger partial charge in [0.15, 0.2) is 0 Å². The maximum atomic E-state index is 14.7. The maximum absolute atomic E-state index is 14.7. The summed E-state index contributed by atoms with van der Waals surface area (Å²) in [4.78, 5) is 14.3. The molecule has 2 fully saturated rings. The fourth-order valence-corrected chi connectivity index (χ4v) is 6.48. The van der Waals surface area contributed by atoms with Gasteiger partial charge in [0.2, 0.25) is 0 Å². The average Bonchev–Trinajstić information content (AvgIpc) is 3.54. The SMILES string of the molecule is COc1cc2nc(N[I-]C)n3nc([C@@H]4CC[C@H](C)N(c5cn(C6CCOCC6)nc5C)C4)nc3c2cc1F. The summed E-state index contributed by atoms with van der Waals surface area (Å²) in [5.74, 6) is 1.26. The van der Waals surface area contributed by atoms with E-state index in [1.54, 1.807) is 10.6 Å². The molecule has 3 aromatic heterocycles. The van der Waals surface area contributed by atoms with Crippen molar-refractivity contribution in [2.75, 3.05) is 40.2 Å². The van der Waals surface area contributed by atoms with E-state index < -0.39 is 5.82 Å². The second kappa shape index (κ2) is 10.4. The van der Waals surface area contributed by atoms with Gasteiger partial charge in [-0.25, -0.2) is 0 Å². The van der Waals surface area contributed by atoms with Gasteiger partial charge in [-0.1, -0.05) is 0 Å². The summed E-state index contributed by atoms with van der Waals surface area (Å²) in [6, 6.07) is 3.85. The number of fused-ring (bicyclic) bond motifs is 3. The Kier molecular flexibility index (Phi) is 7.01. The van der Waals surface area contributed by atoms with E-state index in [0.717, 1.165) is 57.0 Å². The number of rotatable bonds is 6. The summed E-state index contributed by atoms with van der Waals surface area (Å²) in [5, 5.41) is 10.4. The minimum absolute atomic E-state index is 0.138. The molecule has 38 heavy (non-hydrogen) atoms. The van der Waals surface area contributed by atoms with Gasteiger partial charge in [0, 0.05) is 13.2 Å². The van der Waals surface area contributed by atoms with Gasteiger partial charge < -0.3 is 4.74 Å². The molecule has 1 aromatic carbocycles. The molecule has 5 heterocycles. The van der Waals surface area contributed by atoms with Gasteiger partial charge in [-0.2, -0.15) is 0 Å².